The van der Waals surface area contributed by atoms with E-state index in [0.717, 1.165) is 0 Å². The summed E-state index contributed by atoms with van der Waals surface area (Å²) in [5.41, 5.74) is 3.00. The van der Waals surface area contributed by atoms with Crippen LogP contribution in [-0.2, 0) is 4.74 Å². The van der Waals surface area contributed by atoms with E-state index in [1.165, 1.54) is 6.92 Å². The van der Waals surface area contributed by atoms with E-state index in [2.05, 4.69) is 0 Å². The van der Waals surface area contributed by atoms with E-state index < -0.39 is 17.8 Å². The Morgan fingerprint density at radius 3 is 2.27 bits per heavy atom. The van der Waals surface area contributed by atoms with Gasteiger partial charge in [-0.25, -0.2) is 0 Å². The van der Waals surface area contributed by atoms with Crippen LogP contribution in [0.4, 0.5) is 13.2 Å². The van der Waals surface area contributed by atoms with Gasteiger partial charge in [-0.3, -0.25) is 0 Å². The summed E-state index contributed by atoms with van der Waals surface area (Å²) < 4.78 is 41.3. The smallest absolute Gasteiger partial charge is 0.376 e. The molecule has 0 spiro atoms. The van der Waals surface area contributed by atoms with Crippen LogP contribution in [0.15, 0.2) is 0 Å². The van der Waals surface area contributed by atoms with E-state index in [9.17, 15) is 13.2 Å². The van der Waals surface area contributed by atoms with Crippen LogP contribution >= 0.6 is 0 Å². The van der Waals surface area contributed by atoms with Gasteiger partial charge >= 0.3 is 6.18 Å². The average Bonchev–Trinajstić information content (AvgIpc) is 2.12. The van der Waals surface area contributed by atoms with Crippen molar-refractivity contribution in [2.75, 3.05) is 6.61 Å². The number of hydrogen-bond donors (Lipinski definition) is 1. The van der Waals surface area contributed by atoms with E-state index in [0.29, 0.717) is 0 Å². The van der Waals surface area contributed by atoms with Crippen molar-refractivity contribution in [3.63, 3.8) is 0 Å². The first-order valence-corrected chi connectivity index (χ1v) is 3.35. The molecule has 66 valence electrons. The Morgan fingerprint density at radius 2 is 2.09 bits per heavy atom. The number of ether oxygens (including phenoxy) is 1. The highest BCUT2D eigenvalue weighted by Gasteiger charge is 2.58. The summed E-state index contributed by atoms with van der Waals surface area (Å²) >= 11 is 0. The molecular formula is C6H10F3NO. The molecule has 0 amide bonds. The van der Waals surface area contributed by atoms with E-state index in [4.69, 9.17) is 10.5 Å². The molecule has 1 heterocycles. The van der Waals surface area contributed by atoms with Crippen LogP contribution < -0.4 is 5.73 Å². The maximum Gasteiger partial charge on any atom is 0.408 e. The molecule has 1 rings (SSSR count). The SMILES string of the molecule is CC1OCCC1(N)C(F)(F)F. The first-order valence-electron chi connectivity index (χ1n) is 3.35. The fourth-order valence-electron chi connectivity index (χ4n) is 1.13. The molecule has 2 atom stereocenters. The molecule has 2 nitrogen and oxygen atoms in total. The summed E-state index contributed by atoms with van der Waals surface area (Å²) in [5.74, 6) is 0. The Morgan fingerprint density at radius 1 is 1.55 bits per heavy atom. The number of nitrogens with two attached hydrogens (primary N) is 1. The van der Waals surface area contributed by atoms with Gasteiger partial charge in [0.2, 0.25) is 0 Å². The van der Waals surface area contributed by atoms with Gasteiger partial charge in [-0.05, 0) is 6.92 Å². The zero-order valence-corrected chi connectivity index (χ0v) is 6.11. The zero-order chi connectivity index (χ0) is 8.70. The minimum Gasteiger partial charge on any atom is -0.376 e. The number of rotatable bonds is 0. The molecule has 1 saturated heterocycles. The summed E-state index contributed by atoms with van der Waals surface area (Å²) in [6.45, 7) is 1.44. The van der Waals surface area contributed by atoms with Gasteiger partial charge in [0.15, 0.2) is 0 Å². The molecule has 0 aromatic carbocycles. The summed E-state index contributed by atoms with van der Waals surface area (Å²) in [4.78, 5) is 0. The zero-order valence-electron chi connectivity index (χ0n) is 6.11. The van der Waals surface area contributed by atoms with Crippen LogP contribution in [0.2, 0.25) is 0 Å². The van der Waals surface area contributed by atoms with Gasteiger partial charge in [0.25, 0.3) is 0 Å². The predicted molar refractivity (Wildman–Crippen MR) is 33.0 cm³/mol. The quantitative estimate of drug-likeness (QED) is 0.588. The van der Waals surface area contributed by atoms with Crippen LogP contribution in [0, 0.1) is 0 Å². The highest BCUT2D eigenvalue weighted by molar-refractivity contribution is 5.00. The summed E-state index contributed by atoms with van der Waals surface area (Å²) in [5, 5.41) is 0. The molecule has 11 heavy (non-hydrogen) atoms. The molecule has 0 aliphatic carbocycles. The van der Waals surface area contributed by atoms with Crippen molar-refractivity contribution >= 4 is 0 Å². The highest BCUT2D eigenvalue weighted by Crippen LogP contribution is 2.38. The van der Waals surface area contributed by atoms with Gasteiger partial charge in [-0.2, -0.15) is 13.2 Å². The Kier molecular flexibility index (Phi) is 1.88. The van der Waals surface area contributed by atoms with Crippen molar-refractivity contribution in [1.29, 1.82) is 0 Å². The number of hydrogen-bond acceptors (Lipinski definition) is 2. The van der Waals surface area contributed by atoms with Crippen molar-refractivity contribution < 1.29 is 17.9 Å². The van der Waals surface area contributed by atoms with Crippen LogP contribution in [0.5, 0.6) is 0 Å². The van der Waals surface area contributed by atoms with Crippen molar-refractivity contribution in [3.8, 4) is 0 Å². The number of halogens is 3. The van der Waals surface area contributed by atoms with Crippen LogP contribution in [-0.4, -0.2) is 24.4 Å². The molecule has 0 bridgehead atoms. The molecule has 0 aromatic heterocycles. The molecule has 0 aromatic rings. The lowest BCUT2D eigenvalue weighted by Crippen LogP contribution is -2.58. The molecule has 0 saturated carbocycles. The van der Waals surface area contributed by atoms with E-state index in [1.807, 2.05) is 0 Å². The van der Waals surface area contributed by atoms with E-state index in [1.54, 1.807) is 0 Å². The molecule has 1 aliphatic rings. The third-order valence-electron chi connectivity index (χ3n) is 2.14. The molecule has 5 heteroatoms. The van der Waals surface area contributed by atoms with Crippen molar-refractivity contribution in [2.24, 2.45) is 5.73 Å². The van der Waals surface area contributed by atoms with Crippen LogP contribution in [0.1, 0.15) is 13.3 Å². The van der Waals surface area contributed by atoms with Crippen molar-refractivity contribution in [3.05, 3.63) is 0 Å². The van der Waals surface area contributed by atoms with Gasteiger partial charge in [-0.1, -0.05) is 0 Å². The predicted octanol–water partition coefficient (Wildman–Crippen LogP) is 1.05. The third-order valence-corrected chi connectivity index (χ3v) is 2.14. The van der Waals surface area contributed by atoms with Gasteiger partial charge < -0.3 is 10.5 Å². The summed E-state index contributed by atoms with van der Waals surface area (Å²) in [6.07, 6.45) is -5.43. The number of alkyl halides is 3. The Bertz CT molecular complexity index is 158. The molecule has 1 aliphatic heterocycles. The van der Waals surface area contributed by atoms with Gasteiger partial charge in [-0.15, -0.1) is 0 Å². The first-order chi connectivity index (χ1) is 4.88. The van der Waals surface area contributed by atoms with E-state index >= 15 is 0 Å². The van der Waals surface area contributed by atoms with Gasteiger partial charge in [0.05, 0.1) is 6.10 Å². The normalized spacial score (nSPS) is 39.5. The lowest BCUT2D eigenvalue weighted by atomic mass is 9.93. The van der Waals surface area contributed by atoms with Gasteiger partial charge in [0.1, 0.15) is 5.54 Å². The maximum atomic E-state index is 12.2. The molecule has 1 fully saturated rings. The van der Waals surface area contributed by atoms with Gasteiger partial charge in [0, 0.05) is 13.0 Å². The minimum atomic E-state index is -4.36. The monoisotopic (exact) mass is 169 g/mol. The second-order valence-corrected chi connectivity index (χ2v) is 2.80. The fraction of sp³-hybridized carbons (Fsp3) is 1.00. The average molecular weight is 169 g/mol. The standard InChI is InChI=1S/C6H10F3NO/c1-4-5(10,2-3-11-4)6(7,8)9/h4H,2-3,10H2,1H3. The lowest BCUT2D eigenvalue weighted by Gasteiger charge is -2.29. The summed E-state index contributed by atoms with van der Waals surface area (Å²) in [6, 6.07) is 0. The second-order valence-electron chi connectivity index (χ2n) is 2.80. The Hall–Kier alpha value is -0.290. The molecule has 0 radical (unpaired) electrons. The largest absolute Gasteiger partial charge is 0.408 e. The molecule has 2 N–H and O–H groups in total. The maximum absolute atomic E-state index is 12.2. The second kappa shape index (κ2) is 2.35. The van der Waals surface area contributed by atoms with Crippen molar-refractivity contribution in [1.82, 2.24) is 0 Å². The first kappa shape index (κ1) is 8.80. The summed E-state index contributed by atoms with van der Waals surface area (Å²) in [7, 11) is 0. The lowest BCUT2D eigenvalue weighted by molar-refractivity contribution is -0.196. The third kappa shape index (κ3) is 1.22. The topological polar surface area (TPSA) is 35.2 Å². The Labute approximate surface area is 62.5 Å². The minimum absolute atomic E-state index is 0.0944. The van der Waals surface area contributed by atoms with Crippen LogP contribution in [0.25, 0.3) is 0 Å². The highest BCUT2D eigenvalue weighted by atomic mass is 19.4. The molecular weight excluding hydrogens is 159 g/mol. The van der Waals surface area contributed by atoms with Crippen LogP contribution in [0.3, 0.4) is 0 Å². The van der Waals surface area contributed by atoms with E-state index in [-0.39, 0.29) is 13.0 Å². The fourth-order valence-corrected chi connectivity index (χ4v) is 1.13. The van der Waals surface area contributed by atoms with Crippen molar-refractivity contribution in [2.45, 2.75) is 31.2 Å². The Balaban J connectivity index is 2.81. The molecule has 2 unspecified atom stereocenters.